The highest BCUT2D eigenvalue weighted by Crippen LogP contribution is 2.29. The Labute approximate surface area is 131 Å². The van der Waals surface area contributed by atoms with E-state index in [4.69, 9.17) is 10.00 Å². The van der Waals surface area contributed by atoms with Crippen LogP contribution in [-0.2, 0) is 0 Å². The maximum atomic E-state index is 8.87. The largest absolute Gasteiger partial charge is 0.495 e. The predicted molar refractivity (Wildman–Crippen MR) is 88.6 cm³/mol. The van der Waals surface area contributed by atoms with E-state index in [2.05, 4.69) is 21.9 Å². The highest BCUT2D eigenvalue weighted by atomic mass is 16.5. The molecule has 22 heavy (non-hydrogen) atoms. The van der Waals surface area contributed by atoms with Gasteiger partial charge in [-0.2, -0.15) is 5.26 Å². The van der Waals surface area contributed by atoms with Crippen molar-refractivity contribution in [1.29, 1.82) is 5.26 Å². The highest BCUT2D eigenvalue weighted by Gasteiger charge is 2.19. The molecule has 0 unspecified atom stereocenters. The lowest BCUT2D eigenvalue weighted by atomic mass is 10.2. The van der Waals surface area contributed by atoms with E-state index in [1.807, 2.05) is 42.5 Å². The molecule has 0 saturated carbocycles. The van der Waals surface area contributed by atoms with Crippen LogP contribution in [0.5, 0.6) is 5.75 Å². The second-order valence-electron chi connectivity index (χ2n) is 5.30. The summed E-state index contributed by atoms with van der Waals surface area (Å²) in [6, 6.07) is 18.1. The van der Waals surface area contributed by atoms with Gasteiger partial charge in [0.25, 0.3) is 0 Å². The number of rotatable bonds is 3. The molecule has 0 aliphatic carbocycles. The smallest absolute Gasteiger partial charge is 0.142 e. The predicted octanol–water partition coefficient (Wildman–Crippen LogP) is 2.89. The maximum absolute atomic E-state index is 8.87. The van der Waals surface area contributed by atoms with E-state index in [0.717, 1.165) is 37.6 Å². The molecule has 0 radical (unpaired) electrons. The summed E-state index contributed by atoms with van der Waals surface area (Å²) in [5, 5.41) is 8.87. The molecule has 1 aliphatic rings. The maximum Gasteiger partial charge on any atom is 0.142 e. The van der Waals surface area contributed by atoms with Crippen molar-refractivity contribution in [1.82, 2.24) is 0 Å². The van der Waals surface area contributed by atoms with E-state index in [9.17, 15) is 0 Å². The lowest BCUT2D eigenvalue weighted by Crippen LogP contribution is -2.46. The summed E-state index contributed by atoms with van der Waals surface area (Å²) >= 11 is 0. The van der Waals surface area contributed by atoms with Crippen molar-refractivity contribution < 1.29 is 4.74 Å². The minimum Gasteiger partial charge on any atom is -0.495 e. The van der Waals surface area contributed by atoms with Crippen molar-refractivity contribution in [3.05, 3.63) is 54.1 Å². The average Bonchev–Trinajstić information content (AvgIpc) is 2.62. The van der Waals surface area contributed by atoms with Gasteiger partial charge in [0.1, 0.15) is 5.75 Å². The number of ether oxygens (including phenoxy) is 1. The first-order valence-electron chi connectivity index (χ1n) is 7.45. The quantitative estimate of drug-likeness (QED) is 0.872. The SMILES string of the molecule is COc1ccccc1N1CCN(c2ccc(C#N)cc2)CC1. The number of piperazine rings is 1. The van der Waals surface area contributed by atoms with Crippen LogP contribution in [0.3, 0.4) is 0 Å². The summed E-state index contributed by atoms with van der Waals surface area (Å²) in [7, 11) is 1.71. The Morgan fingerprint density at radius 1 is 0.909 bits per heavy atom. The fraction of sp³-hybridized carbons (Fsp3) is 0.278. The summed E-state index contributed by atoms with van der Waals surface area (Å²) in [4.78, 5) is 4.71. The van der Waals surface area contributed by atoms with Crippen LogP contribution in [0.15, 0.2) is 48.5 Å². The van der Waals surface area contributed by atoms with Crippen LogP contribution in [0.4, 0.5) is 11.4 Å². The number of para-hydroxylation sites is 2. The number of hydrogen-bond acceptors (Lipinski definition) is 4. The first-order valence-corrected chi connectivity index (χ1v) is 7.45. The minimum atomic E-state index is 0.705. The first kappa shape index (κ1) is 14.3. The molecule has 1 saturated heterocycles. The molecule has 0 atom stereocenters. The second-order valence-corrected chi connectivity index (χ2v) is 5.30. The fourth-order valence-corrected chi connectivity index (χ4v) is 2.84. The standard InChI is InChI=1S/C18H19N3O/c1-22-18-5-3-2-4-17(18)21-12-10-20(11-13-21)16-8-6-15(14-19)7-9-16/h2-9H,10-13H2,1H3. The van der Waals surface area contributed by atoms with Gasteiger partial charge < -0.3 is 14.5 Å². The fourth-order valence-electron chi connectivity index (χ4n) is 2.84. The van der Waals surface area contributed by atoms with Crippen molar-refractivity contribution in [2.45, 2.75) is 0 Å². The summed E-state index contributed by atoms with van der Waals surface area (Å²) in [6.07, 6.45) is 0. The Bertz CT molecular complexity index is 667. The molecule has 3 rings (SSSR count). The zero-order valence-electron chi connectivity index (χ0n) is 12.7. The van der Waals surface area contributed by atoms with Crippen LogP contribution < -0.4 is 14.5 Å². The minimum absolute atomic E-state index is 0.705. The number of anilines is 2. The molecule has 2 aromatic carbocycles. The molecule has 0 spiro atoms. The van der Waals surface area contributed by atoms with Crippen molar-refractivity contribution in [3.8, 4) is 11.8 Å². The number of benzene rings is 2. The third-order valence-corrected chi connectivity index (χ3v) is 4.07. The van der Waals surface area contributed by atoms with Crippen molar-refractivity contribution in [2.24, 2.45) is 0 Å². The van der Waals surface area contributed by atoms with Gasteiger partial charge >= 0.3 is 0 Å². The van der Waals surface area contributed by atoms with Crippen molar-refractivity contribution >= 4 is 11.4 Å². The van der Waals surface area contributed by atoms with Gasteiger partial charge in [-0.25, -0.2) is 0 Å². The van der Waals surface area contributed by atoms with Crippen LogP contribution >= 0.6 is 0 Å². The molecule has 0 aromatic heterocycles. The van der Waals surface area contributed by atoms with Gasteiger partial charge in [-0.05, 0) is 36.4 Å². The molecule has 0 N–H and O–H groups in total. The Balaban J connectivity index is 1.68. The summed E-state index contributed by atoms with van der Waals surface area (Å²) < 4.78 is 5.45. The average molecular weight is 293 g/mol. The molecule has 4 nitrogen and oxygen atoms in total. The number of nitriles is 1. The van der Waals surface area contributed by atoms with Crippen LogP contribution in [-0.4, -0.2) is 33.3 Å². The molecule has 1 heterocycles. The summed E-state index contributed by atoms with van der Waals surface area (Å²) in [6.45, 7) is 3.84. The van der Waals surface area contributed by atoms with E-state index < -0.39 is 0 Å². The van der Waals surface area contributed by atoms with Gasteiger partial charge in [-0.15, -0.1) is 0 Å². The molecule has 1 aliphatic heterocycles. The lowest BCUT2D eigenvalue weighted by Gasteiger charge is -2.37. The van der Waals surface area contributed by atoms with E-state index >= 15 is 0 Å². The number of methoxy groups -OCH3 is 1. The number of nitrogens with zero attached hydrogens (tertiary/aromatic N) is 3. The monoisotopic (exact) mass is 293 g/mol. The van der Waals surface area contributed by atoms with Gasteiger partial charge in [-0.1, -0.05) is 12.1 Å². The van der Waals surface area contributed by atoms with Crippen LogP contribution in [0.2, 0.25) is 0 Å². The molecular formula is C18H19N3O. The number of hydrogen-bond donors (Lipinski definition) is 0. The van der Waals surface area contributed by atoms with Crippen molar-refractivity contribution in [3.63, 3.8) is 0 Å². The zero-order valence-corrected chi connectivity index (χ0v) is 12.7. The Morgan fingerprint density at radius 2 is 1.55 bits per heavy atom. The van der Waals surface area contributed by atoms with E-state index in [1.54, 1.807) is 7.11 Å². The molecule has 4 heteroatoms. The molecule has 0 amide bonds. The zero-order chi connectivity index (χ0) is 15.4. The van der Waals surface area contributed by atoms with E-state index in [0.29, 0.717) is 5.56 Å². The third kappa shape index (κ3) is 2.84. The van der Waals surface area contributed by atoms with E-state index in [1.165, 1.54) is 5.69 Å². The normalized spacial score (nSPS) is 14.5. The Kier molecular flexibility index (Phi) is 4.15. The molecule has 1 fully saturated rings. The summed E-state index contributed by atoms with van der Waals surface area (Å²) in [5.41, 5.74) is 3.04. The van der Waals surface area contributed by atoms with Gasteiger partial charge in [0, 0.05) is 31.9 Å². The molecule has 112 valence electrons. The van der Waals surface area contributed by atoms with E-state index in [-0.39, 0.29) is 0 Å². The Morgan fingerprint density at radius 3 is 2.18 bits per heavy atom. The van der Waals surface area contributed by atoms with Gasteiger partial charge in [-0.3, -0.25) is 0 Å². The van der Waals surface area contributed by atoms with Crippen LogP contribution in [0.25, 0.3) is 0 Å². The van der Waals surface area contributed by atoms with Crippen LogP contribution in [0, 0.1) is 11.3 Å². The third-order valence-electron chi connectivity index (χ3n) is 4.07. The molecule has 0 bridgehead atoms. The lowest BCUT2D eigenvalue weighted by molar-refractivity contribution is 0.413. The Hall–Kier alpha value is -2.67. The van der Waals surface area contributed by atoms with Crippen LogP contribution in [0.1, 0.15) is 5.56 Å². The van der Waals surface area contributed by atoms with Gasteiger partial charge in [0.2, 0.25) is 0 Å². The van der Waals surface area contributed by atoms with Crippen molar-refractivity contribution in [2.75, 3.05) is 43.1 Å². The van der Waals surface area contributed by atoms with Gasteiger partial charge in [0.15, 0.2) is 0 Å². The highest BCUT2D eigenvalue weighted by molar-refractivity contribution is 5.60. The summed E-state index contributed by atoms with van der Waals surface area (Å²) in [5.74, 6) is 0.925. The first-order chi connectivity index (χ1) is 10.8. The second kappa shape index (κ2) is 6.40. The van der Waals surface area contributed by atoms with Gasteiger partial charge in [0.05, 0.1) is 24.4 Å². The topological polar surface area (TPSA) is 39.5 Å². The molecular weight excluding hydrogens is 274 g/mol. The molecule has 2 aromatic rings.